The first-order chi connectivity index (χ1) is 11.7. The molecule has 6 heteroatoms. The van der Waals surface area contributed by atoms with Crippen molar-refractivity contribution in [1.29, 1.82) is 0 Å². The molecule has 0 atom stereocenters. The van der Waals surface area contributed by atoms with E-state index in [4.69, 9.17) is 16.1 Å². The SMILES string of the molecule is O=C(CCc1nc(-c2cccc(Cl)c2)no1)NC1CCCCCC1. The fourth-order valence-electron chi connectivity index (χ4n) is 3.05. The number of benzene rings is 1. The first-order valence-corrected chi connectivity index (χ1v) is 8.96. The number of amides is 1. The summed E-state index contributed by atoms with van der Waals surface area (Å²) < 4.78 is 5.24. The molecule has 0 unspecified atom stereocenters. The lowest BCUT2D eigenvalue weighted by Crippen LogP contribution is -2.34. The highest BCUT2D eigenvalue weighted by Crippen LogP contribution is 2.20. The lowest BCUT2D eigenvalue weighted by molar-refractivity contribution is -0.121. The van der Waals surface area contributed by atoms with E-state index in [2.05, 4.69) is 15.5 Å². The van der Waals surface area contributed by atoms with Gasteiger partial charge in [-0.15, -0.1) is 0 Å². The van der Waals surface area contributed by atoms with Crippen molar-refractivity contribution in [1.82, 2.24) is 15.5 Å². The molecule has 24 heavy (non-hydrogen) atoms. The summed E-state index contributed by atoms with van der Waals surface area (Å²) in [5.74, 6) is 1.03. The zero-order chi connectivity index (χ0) is 16.8. The van der Waals surface area contributed by atoms with Gasteiger partial charge >= 0.3 is 0 Å². The Kier molecular flexibility index (Phi) is 5.86. The number of carbonyl (C=O) groups is 1. The minimum absolute atomic E-state index is 0.0596. The van der Waals surface area contributed by atoms with Gasteiger partial charge in [-0.3, -0.25) is 4.79 Å². The van der Waals surface area contributed by atoms with Gasteiger partial charge in [-0.05, 0) is 25.0 Å². The fraction of sp³-hybridized carbons (Fsp3) is 0.500. The van der Waals surface area contributed by atoms with Crippen LogP contribution in [0, 0.1) is 0 Å². The molecule has 1 fully saturated rings. The molecule has 1 heterocycles. The molecule has 5 nitrogen and oxygen atoms in total. The first-order valence-electron chi connectivity index (χ1n) is 8.58. The maximum absolute atomic E-state index is 12.1. The number of halogens is 1. The summed E-state index contributed by atoms with van der Waals surface area (Å²) in [5, 5.41) is 7.71. The normalized spacial score (nSPS) is 15.9. The summed E-state index contributed by atoms with van der Waals surface area (Å²) in [6, 6.07) is 7.62. The topological polar surface area (TPSA) is 68.0 Å². The van der Waals surface area contributed by atoms with E-state index in [1.54, 1.807) is 12.1 Å². The second-order valence-corrected chi connectivity index (χ2v) is 6.71. The van der Waals surface area contributed by atoms with Gasteiger partial charge in [0.25, 0.3) is 0 Å². The smallest absolute Gasteiger partial charge is 0.227 e. The monoisotopic (exact) mass is 347 g/mol. The Morgan fingerprint density at radius 3 is 2.79 bits per heavy atom. The molecule has 1 aliphatic rings. The average Bonchev–Trinajstić information content (AvgIpc) is 2.91. The number of nitrogens with zero attached hydrogens (tertiary/aromatic N) is 2. The third-order valence-electron chi connectivity index (χ3n) is 4.34. The zero-order valence-electron chi connectivity index (χ0n) is 13.6. The molecule has 3 rings (SSSR count). The molecule has 0 radical (unpaired) electrons. The highest BCUT2D eigenvalue weighted by atomic mass is 35.5. The van der Waals surface area contributed by atoms with Crippen LogP contribution in [-0.4, -0.2) is 22.1 Å². The minimum atomic E-state index is 0.0596. The van der Waals surface area contributed by atoms with Crippen molar-refractivity contribution in [2.45, 2.75) is 57.4 Å². The Hall–Kier alpha value is -1.88. The number of aryl methyl sites for hydroxylation is 1. The molecule has 0 bridgehead atoms. The second kappa shape index (κ2) is 8.29. The molecule has 0 aliphatic heterocycles. The molecular weight excluding hydrogens is 326 g/mol. The van der Waals surface area contributed by atoms with E-state index in [0.717, 1.165) is 18.4 Å². The molecule has 0 spiro atoms. The molecular formula is C18H22ClN3O2. The maximum Gasteiger partial charge on any atom is 0.227 e. The fourth-order valence-corrected chi connectivity index (χ4v) is 3.24. The molecule has 2 aromatic rings. The summed E-state index contributed by atoms with van der Waals surface area (Å²) in [6.45, 7) is 0. The Balaban J connectivity index is 1.50. The second-order valence-electron chi connectivity index (χ2n) is 6.28. The minimum Gasteiger partial charge on any atom is -0.353 e. The summed E-state index contributed by atoms with van der Waals surface area (Å²) >= 11 is 5.97. The van der Waals surface area contributed by atoms with Gasteiger partial charge in [0.05, 0.1) is 0 Å². The number of rotatable bonds is 5. The predicted octanol–water partition coefficient (Wildman–Crippen LogP) is 4.16. The van der Waals surface area contributed by atoms with Gasteiger partial charge in [0.1, 0.15) is 0 Å². The van der Waals surface area contributed by atoms with Crippen molar-refractivity contribution in [2.24, 2.45) is 0 Å². The van der Waals surface area contributed by atoms with Crippen LogP contribution in [0.1, 0.15) is 50.8 Å². The van der Waals surface area contributed by atoms with Crippen molar-refractivity contribution in [3.63, 3.8) is 0 Å². The van der Waals surface area contributed by atoms with Crippen molar-refractivity contribution in [3.8, 4) is 11.4 Å². The van der Waals surface area contributed by atoms with Crippen LogP contribution in [0.5, 0.6) is 0 Å². The van der Waals surface area contributed by atoms with E-state index in [0.29, 0.717) is 35.6 Å². The number of aromatic nitrogens is 2. The highest BCUT2D eigenvalue weighted by molar-refractivity contribution is 6.30. The van der Waals surface area contributed by atoms with Crippen LogP contribution in [0.3, 0.4) is 0 Å². The summed E-state index contributed by atoms with van der Waals surface area (Å²) in [5.41, 5.74) is 0.806. The molecule has 128 valence electrons. The number of hydrogen-bond donors (Lipinski definition) is 1. The average molecular weight is 348 g/mol. The Morgan fingerprint density at radius 2 is 2.04 bits per heavy atom. The van der Waals surface area contributed by atoms with Gasteiger partial charge in [-0.2, -0.15) is 4.98 Å². The zero-order valence-corrected chi connectivity index (χ0v) is 14.4. The summed E-state index contributed by atoms with van der Waals surface area (Å²) in [6.07, 6.45) is 7.96. The third-order valence-corrected chi connectivity index (χ3v) is 4.57. The van der Waals surface area contributed by atoms with Gasteiger partial charge in [-0.25, -0.2) is 0 Å². The van der Waals surface area contributed by atoms with E-state index in [-0.39, 0.29) is 5.91 Å². The van der Waals surface area contributed by atoms with Crippen LogP contribution in [0.4, 0.5) is 0 Å². The van der Waals surface area contributed by atoms with Crippen molar-refractivity contribution < 1.29 is 9.32 Å². The number of hydrogen-bond acceptors (Lipinski definition) is 4. The molecule has 1 aliphatic carbocycles. The maximum atomic E-state index is 12.1. The summed E-state index contributed by atoms with van der Waals surface area (Å²) in [7, 11) is 0. The van der Waals surface area contributed by atoms with E-state index in [1.807, 2.05) is 12.1 Å². The van der Waals surface area contributed by atoms with E-state index in [9.17, 15) is 4.79 Å². The molecule has 1 N–H and O–H groups in total. The lowest BCUT2D eigenvalue weighted by atomic mass is 10.1. The standard InChI is InChI=1S/C18H22ClN3O2/c19-14-7-5-6-13(12-14)18-21-17(24-22-18)11-10-16(23)20-15-8-3-1-2-4-9-15/h5-7,12,15H,1-4,8-11H2,(H,20,23). The van der Waals surface area contributed by atoms with Crippen LogP contribution in [0.2, 0.25) is 5.02 Å². The first kappa shape index (κ1) is 17.0. The van der Waals surface area contributed by atoms with Crippen LogP contribution >= 0.6 is 11.6 Å². The van der Waals surface area contributed by atoms with Crippen LogP contribution in [0.15, 0.2) is 28.8 Å². The third kappa shape index (κ3) is 4.81. The van der Waals surface area contributed by atoms with Crippen molar-refractivity contribution >= 4 is 17.5 Å². The molecule has 1 aromatic carbocycles. The Morgan fingerprint density at radius 1 is 1.25 bits per heavy atom. The largest absolute Gasteiger partial charge is 0.353 e. The van der Waals surface area contributed by atoms with E-state index >= 15 is 0 Å². The lowest BCUT2D eigenvalue weighted by Gasteiger charge is -2.15. The molecule has 1 aromatic heterocycles. The van der Waals surface area contributed by atoms with Gasteiger partial charge in [0.15, 0.2) is 0 Å². The van der Waals surface area contributed by atoms with Crippen LogP contribution in [-0.2, 0) is 11.2 Å². The number of nitrogens with one attached hydrogen (secondary N) is 1. The predicted molar refractivity (Wildman–Crippen MR) is 92.7 cm³/mol. The molecule has 0 saturated heterocycles. The number of carbonyl (C=O) groups excluding carboxylic acids is 1. The Labute approximate surface area is 146 Å². The van der Waals surface area contributed by atoms with Crippen LogP contribution < -0.4 is 5.32 Å². The van der Waals surface area contributed by atoms with E-state index < -0.39 is 0 Å². The molecule has 1 saturated carbocycles. The Bertz CT molecular complexity index is 678. The van der Waals surface area contributed by atoms with Crippen molar-refractivity contribution in [3.05, 3.63) is 35.2 Å². The van der Waals surface area contributed by atoms with Crippen LogP contribution in [0.25, 0.3) is 11.4 Å². The molecule has 1 amide bonds. The quantitative estimate of drug-likeness (QED) is 0.824. The van der Waals surface area contributed by atoms with Gasteiger partial charge in [-0.1, -0.05) is 54.6 Å². The highest BCUT2D eigenvalue weighted by Gasteiger charge is 2.16. The van der Waals surface area contributed by atoms with E-state index in [1.165, 1.54) is 25.7 Å². The van der Waals surface area contributed by atoms with Gasteiger partial charge in [0.2, 0.25) is 17.6 Å². The van der Waals surface area contributed by atoms with Gasteiger partial charge < -0.3 is 9.84 Å². The summed E-state index contributed by atoms with van der Waals surface area (Å²) in [4.78, 5) is 16.4. The van der Waals surface area contributed by atoms with Gasteiger partial charge in [0, 0.05) is 29.5 Å². The van der Waals surface area contributed by atoms with Crippen molar-refractivity contribution in [2.75, 3.05) is 0 Å².